The molecule has 1 heterocycles. The molecule has 2 aromatic carbocycles. The monoisotopic (exact) mass is 505 g/mol. The molecule has 0 unspecified atom stereocenters. The number of hydrogen-bond acceptors (Lipinski definition) is 5. The third-order valence-electron chi connectivity index (χ3n) is 4.75. The summed E-state index contributed by atoms with van der Waals surface area (Å²) in [5.41, 5.74) is 1.66. The fourth-order valence-corrected chi connectivity index (χ4v) is 4.65. The van der Waals surface area contributed by atoms with Crippen LogP contribution in [0.4, 0.5) is 0 Å². The number of hydrogen-bond donors (Lipinski definition) is 1. The first-order chi connectivity index (χ1) is 14.5. The smallest absolute Gasteiger partial charge is 0.268 e. The first-order valence-corrected chi connectivity index (χ1v) is 11.8. The van der Waals surface area contributed by atoms with Gasteiger partial charge >= 0.3 is 0 Å². The summed E-state index contributed by atoms with van der Waals surface area (Å²) in [4.78, 5) is 12.6. The van der Waals surface area contributed by atoms with Gasteiger partial charge < -0.3 is 4.74 Å². The van der Waals surface area contributed by atoms with Crippen molar-refractivity contribution in [2.24, 2.45) is 0 Å². The zero-order chi connectivity index (χ0) is 22.8. The van der Waals surface area contributed by atoms with Crippen molar-refractivity contribution in [3.05, 3.63) is 76.0 Å². The van der Waals surface area contributed by atoms with Crippen LogP contribution in [0.15, 0.2) is 64.2 Å². The number of amides is 1. The Morgan fingerprint density at radius 1 is 1.19 bits per heavy atom. The number of ether oxygens (including phenoxy) is 1. The molecule has 3 aromatic rings. The van der Waals surface area contributed by atoms with Gasteiger partial charge in [0.2, 0.25) is 0 Å². The van der Waals surface area contributed by atoms with E-state index in [-0.39, 0.29) is 21.6 Å². The molecule has 1 amide bonds. The van der Waals surface area contributed by atoms with Crippen LogP contribution in [0.1, 0.15) is 42.3 Å². The lowest BCUT2D eigenvalue weighted by atomic mass is 9.87. The number of carbonyl (C=O) groups is 1. The van der Waals surface area contributed by atoms with Crippen LogP contribution in [0.25, 0.3) is 0 Å². The summed E-state index contributed by atoms with van der Waals surface area (Å²) in [7, 11) is -2.76. The lowest BCUT2D eigenvalue weighted by Crippen LogP contribution is -2.31. The SMILES string of the molecule is COc1ccc(C(C)(C)C)cc1S(=O)(=O)NC(=O)c1ccc(Cn2cccn2)c(Br)c1. The van der Waals surface area contributed by atoms with Gasteiger partial charge in [0.1, 0.15) is 10.6 Å². The van der Waals surface area contributed by atoms with Gasteiger partial charge in [0.25, 0.3) is 15.9 Å². The van der Waals surface area contributed by atoms with E-state index in [0.29, 0.717) is 11.0 Å². The molecule has 0 atom stereocenters. The number of nitrogens with zero attached hydrogens (tertiary/aromatic N) is 2. The van der Waals surface area contributed by atoms with Gasteiger partial charge in [0.05, 0.1) is 13.7 Å². The van der Waals surface area contributed by atoms with Crippen LogP contribution in [-0.4, -0.2) is 31.2 Å². The second-order valence-corrected chi connectivity index (χ2v) is 10.6. The van der Waals surface area contributed by atoms with Crippen molar-refractivity contribution in [2.45, 2.75) is 37.6 Å². The zero-order valence-electron chi connectivity index (χ0n) is 17.7. The number of nitrogens with one attached hydrogen (secondary N) is 1. The molecule has 0 aliphatic heterocycles. The Labute approximate surface area is 190 Å². The molecule has 0 fully saturated rings. The molecule has 0 spiro atoms. The average molecular weight is 506 g/mol. The van der Waals surface area contributed by atoms with Crippen molar-refractivity contribution in [2.75, 3.05) is 7.11 Å². The molecule has 1 aromatic heterocycles. The average Bonchev–Trinajstić information content (AvgIpc) is 3.21. The molecular formula is C22H24BrN3O4S. The number of sulfonamides is 1. The van der Waals surface area contributed by atoms with Crippen LogP contribution < -0.4 is 9.46 Å². The molecule has 0 saturated heterocycles. The summed E-state index contributed by atoms with van der Waals surface area (Å²) in [6, 6.07) is 11.7. The maximum absolute atomic E-state index is 13.0. The molecule has 0 aliphatic carbocycles. The van der Waals surface area contributed by atoms with Crippen molar-refractivity contribution < 1.29 is 17.9 Å². The summed E-state index contributed by atoms with van der Waals surface area (Å²) in [5, 5.41) is 4.16. The highest BCUT2D eigenvalue weighted by molar-refractivity contribution is 9.10. The predicted octanol–water partition coefficient (Wildman–Crippen LogP) is 4.12. The molecule has 0 bridgehead atoms. The van der Waals surface area contributed by atoms with E-state index in [9.17, 15) is 13.2 Å². The molecule has 1 N–H and O–H groups in total. The van der Waals surface area contributed by atoms with Gasteiger partial charge in [-0.15, -0.1) is 0 Å². The maximum atomic E-state index is 13.0. The topological polar surface area (TPSA) is 90.3 Å². The largest absolute Gasteiger partial charge is 0.495 e. The molecule has 0 saturated carbocycles. The summed E-state index contributed by atoms with van der Waals surface area (Å²) < 4.78 is 35.8. The number of rotatable bonds is 6. The van der Waals surface area contributed by atoms with Crippen LogP contribution in [0, 0.1) is 0 Å². The van der Waals surface area contributed by atoms with Gasteiger partial charge in [-0.25, -0.2) is 13.1 Å². The normalized spacial score (nSPS) is 11.9. The molecule has 0 aliphatic rings. The van der Waals surface area contributed by atoms with E-state index in [2.05, 4.69) is 25.8 Å². The van der Waals surface area contributed by atoms with E-state index in [1.165, 1.54) is 13.2 Å². The van der Waals surface area contributed by atoms with Crippen molar-refractivity contribution in [1.29, 1.82) is 0 Å². The van der Waals surface area contributed by atoms with Gasteiger partial charge in [0.15, 0.2) is 0 Å². The van der Waals surface area contributed by atoms with Crippen molar-refractivity contribution in [3.8, 4) is 5.75 Å². The number of aromatic nitrogens is 2. The minimum Gasteiger partial charge on any atom is -0.495 e. The maximum Gasteiger partial charge on any atom is 0.268 e. The molecule has 3 rings (SSSR count). The van der Waals surface area contributed by atoms with Crippen LogP contribution in [0.3, 0.4) is 0 Å². The summed E-state index contributed by atoms with van der Waals surface area (Å²) >= 11 is 3.45. The highest BCUT2D eigenvalue weighted by atomic mass is 79.9. The number of carbonyl (C=O) groups excluding carboxylic acids is 1. The predicted molar refractivity (Wildman–Crippen MR) is 122 cm³/mol. The van der Waals surface area contributed by atoms with Crippen LogP contribution in [0.5, 0.6) is 5.75 Å². The molecule has 164 valence electrons. The number of halogens is 1. The number of benzene rings is 2. The molecule has 31 heavy (non-hydrogen) atoms. The van der Waals surface area contributed by atoms with Crippen LogP contribution in [0.2, 0.25) is 0 Å². The summed E-state index contributed by atoms with van der Waals surface area (Å²) in [6.07, 6.45) is 3.52. The minimum absolute atomic E-state index is 0.0786. The van der Waals surface area contributed by atoms with E-state index in [4.69, 9.17) is 4.74 Å². The Bertz CT molecular complexity index is 1200. The Kier molecular flexibility index (Phi) is 6.56. The van der Waals surface area contributed by atoms with E-state index in [0.717, 1.165) is 11.1 Å². The Balaban J connectivity index is 1.86. The lowest BCUT2D eigenvalue weighted by molar-refractivity contribution is 0.0981. The second kappa shape index (κ2) is 8.84. The van der Waals surface area contributed by atoms with Gasteiger partial charge in [0, 0.05) is 22.4 Å². The second-order valence-electron chi connectivity index (χ2n) is 8.06. The van der Waals surface area contributed by atoms with Gasteiger partial charge in [-0.1, -0.05) is 48.8 Å². The molecule has 0 radical (unpaired) electrons. The molecular weight excluding hydrogens is 482 g/mol. The fourth-order valence-electron chi connectivity index (χ4n) is 2.97. The third-order valence-corrected chi connectivity index (χ3v) is 6.84. The molecule has 7 nitrogen and oxygen atoms in total. The fraction of sp³-hybridized carbons (Fsp3) is 0.273. The Hall–Kier alpha value is -2.65. The number of methoxy groups -OCH3 is 1. The van der Waals surface area contributed by atoms with Crippen LogP contribution >= 0.6 is 15.9 Å². The van der Waals surface area contributed by atoms with Crippen molar-refractivity contribution in [3.63, 3.8) is 0 Å². The van der Waals surface area contributed by atoms with E-state index in [1.807, 2.05) is 39.1 Å². The summed E-state index contributed by atoms with van der Waals surface area (Å²) in [5.74, 6) is -0.557. The third kappa shape index (κ3) is 5.34. The zero-order valence-corrected chi connectivity index (χ0v) is 20.1. The van der Waals surface area contributed by atoms with Gasteiger partial charge in [-0.05, 0) is 46.9 Å². The van der Waals surface area contributed by atoms with Gasteiger partial charge in [-0.3, -0.25) is 9.48 Å². The van der Waals surface area contributed by atoms with Crippen molar-refractivity contribution >= 4 is 31.9 Å². The van der Waals surface area contributed by atoms with E-state index >= 15 is 0 Å². The highest BCUT2D eigenvalue weighted by Crippen LogP contribution is 2.31. The van der Waals surface area contributed by atoms with Gasteiger partial charge in [-0.2, -0.15) is 5.10 Å². The summed E-state index contributed by atoms with van der Waals surface area (Å²) in [6.45, 7) is 6.45. The minimum atomic E-state index is -4.15. The van der Waals surface area contributed by atoms with Crippen molar-refractivity contribution in [1.82, 2.24) is 14.5 Å². The lowest BCUT2D eigenvalue weighted by Gasteiger charge is -2.21. The first kappa shape index (κ1) is 23.0. The highest BCUT2D eigenvalue weighted by Gasteiger charge is 2.26. The standard InChI is InChI=1S/C22H24BrN3O4S/c1-22(2,3)17-8-9-19(30-4)20(13-17)31(28,29)25-21(27)15-6-7-16(18(23)12-15)14-26-11-5-10-24-26/h5-13H,14H2,1-4H3,(H,25,27). The van der Waals surface area contributed by atoms with E-state index < -0.39 is 15.9 Å². The van der Waals surface area contributed by atoms with Crippen LogP contribution in [-0.2, 0) is 22.0 Å². The first-order valence-electron chi connectivity index (χ1n) is 9.53. The van der Waals surface area contributed by atoms with E-state index in [1.54, 1.807) is 35.1 Å². The Morgan fingerprint density at radius 3 is 2.52 bits per heavy atom. The quantitative estimate of drug-likeness (QED) is 0.544. The Morgan fingerprint density at radius 2 is 1.94 bits per heavy atom. The molecule has 9 heteroatoms.